The summed E-state index contributed by atoms with van der Waals surface area (Å²) in [5.41, 5.74) is -0.226. The van der Waals surface area contributed by atoms with Crippen LogP contribution in [0.3, 0.4) is 0 Å². The van der Waals surface area contributed by atoms with Crippen molar-refractivity contribution in [3.05, 3.63) is 45.2 Å². The Hall–Kier alpha value is -2.90. The molecule has 1 aromatic carbocycles. The summed E-state index contributed by atoms with van der Waals surface area (Å²) in [4.78, 5) is 40.9. The third kappa shape index (κ3) is 2.23. The normalized spacial score (nSPS) is 11.2. The lowest BCUT2D eigenvalue weighted by Crippen LogP contribution is -2.39. The fraction of sp³-hybridized carbons (Fsp3) is 0.333. The highest BCUT2D eigenvalue weighted by atomic mass is 16.5. The number of rotatable bonds is 3. The van der Waals surface area contributed by atoms with E-state index in [0.29, 0.717) is 24.0 Å². The van der Waals surface area contributed by atoms with Gasteiger partial charge in [-0.25, -0.2) is 27.9 Å². The Labute approximate surface area is 130 Å². The van der Waals surface area contributed by atoms with E-state index < -0.39 is 17.5 Å². The second kappa shape index (κ2) is 5.71. The molecular weight excluding hydrogens is 300 g/mol. The van der Waals surface area contributed by atoms with Gasteiger partial charge in [-0.2, -0.15) is 4.98 Å². The van der Waals surface area contributed by atoms with Gasteiger partial charge in [-0.3, -0.25) is 0 Å². The van der Waals surface area contributed by atoms with E-state index in [4.69, 9.17) is 4.74 Å². The number of imidazole rings is 1. The number of hydrogen-bond donors (Lipinski definition) is 0. The van der Waals surface area contributed by atoms with Gasteiger partial charge in [-0.05, 0) is 18.6 Å². The number of carbonyl (C=O) groups excluding carboxylic acids is 1. The molecule has 0 amide bonds. The van der Waals surface area contributed by atoms with Gasteiger partial charge in [0.15, 0.2) is 0 Å². The summed E-state index contributed by atoms with van der Waals surface area (Å²) in [6, 6.07) is 6.84. The van der Waals surface area contributed by atoms with Crippen molar-refractivity contribution in [2.24, 2.45) is 0 Å². The maximum Gasteiger partial charge on any atom is 0.421 e. The van der Waals surface area contributed by atoms with Crippen LogP contribution in [-0.2, 0) is 11.3 Å². The van der Waals surface area contributed by atoms with Gasteiger partial charge in [0.2, 0.25) is 5.78 Å². The highest BCUT2D eigenvalue weighted by Crippen LogP contribution is 2.17. The summed E-state index contributed by atoms with van der Waals surface area (Å²) >= 11 is 0. The molecule has 0 unspecified atom stereocenters. The fourth-order valence-corrected chi connectivity index (χ4v) is 2.57. The zero-order valence-corrected chi connectivity index (χ0v) is 12.9. The molecule has 0 atom stereocenters. The van der Waals surface area contributed by atoms with Gasteiger partial charge in [0.25, 0.3) is 0 Å². The van der Waals surface area contributed by atoms with Gasteiger partial charge >= 0.3 is 17.5 Å². The minimum atomic E-state index is -0.707. The molecule has 0 aliphatic carbocycles. The molecule has 0 radical (unpaired) electrons. The van der Waals surface area contributed by atoms with Crippen molar-refractivity contribution in [3.63, 3.8) is 0 Å². The van der Waals surface area contributed by atoms with E-state index in [1.54, 1.807) is 24.3 Å². The minimum Gasteiger partial charge on any atom is -0.452 e. The van der Waals surface area contributed by atoms with E-state index in [1.165, 1.54) is 11.5 Å². The Morgan fingerprint density at radius 2 is 1.91 bits per heavy atom. The van der Waals surface area contributed by atoms with Crippen LogP contribution in [0.4, 0.5) is 4.79 Å². The van der Waals surface area contributed by atoms with E-state index in [2.05, 4.69) is 4.98 Å². The first kappa shape index (κ1) is 15.0. The zero-order valence-electron chi connectivity index (χ0n) is 12.9. The second-order valence-electron chi connectivity index (χ2n) is 5.11. The Kier molecular flexibility index (Phi) is 3.73. The summed E-state index contributed by atoms with van der Waals surface area (Å²) in [6.45, 7) is 2.26. The molecule has 0 aliphatic rings. The third-order valence-electron chi connectivity index (χ3n) is 3.70. The standard InChI is InChI=1S/C15H16N4O4/c1-3-4-9-17-13(20)16-12-18(14(17)21)10-7-5-6-8-11(10)19(12)15(22)23-2/h5-8H,3-4,9H2,1-2H3. The molecular formula is C15H16N4O4. The van der Waals surface area contributed by atoms with E-state index in [1.807, 2.05) is 6.92 Å². The predicted octanol–water partition coefficient (Wildman–Crippen LogP) is 1.23. The molecule has 0 spiro atoms. The number of nitrogens with zero attached hydrogens (tertiary/aromatic N) is 4. The molecule has 2 aromatic heterocycles. The van der Waals surface area contributed by atoms with Crippen molar-refractivity contribution in [2.75, 3.05) is 7.11 Å². The largest absolute Gasteiger partial charge is 0.452 e. The number of carbonyl (C=O) groups is 1. The van der Waals surface area contributed by atoms with Crippen molar-refractivity contribution < 1.29 is 9.53 Å². The molecule has 0 N–H and O–H groups in total. The van der Waals surface area contributed by atoms with Crippen LogP contribution in [0.15, 0.2) is 33.9 Å². The van der Waals surface area contributed by atoms with Crippen LogP contribution in [0.1, 0.15) is 19.8 Å². The number of fused-ring (bicyclic) bond motifs is 3. The van der Waals surface area contributed by atoms with Crippen LogP contribution in [0.2, 0.25) is 0 Å². The van der Waals surface area contributed by atoms with E-state index in [-0.39, 0.29) is 5.78 Å². The van der Waals surface area contributed by atoms with Crippen LogP contribution in [-0.4, -0.2) is 31.7 Å². The molecule has 0 fully saturated rings. The SMILES string of the molecule is CCCCn1c(=O)nc2n(C(=O)OC)c3ccccc3n2c1=O. The molecule has 0 saturated carbocycles. The number of methoxy groups -OCH3 is 1. The molecule has 0 saturated heterocycles. The quantitative estimate of drug-likeness (QED) is 0.725. The van der Waals surface area contributed by atoms with Crippen molar-refractivity contribution in [1.29, 1.82) is 0 Å². The van der Waals surface area contributed by atoms with E-state index in [0.717, 1.165) is 15.6 Å². The number of aromatic nitrogens is 4. The van der Waals surface area contributed by atoms with Crippen molar-refractivity contribution in [3.8, 4) is 0 Å². The first-order valence-electron chi connectivity index (χ1n) is 7.31. The topological polar surface area (TPSA) is 87.6 Å². The highest BCUT2D eigenvalue weighted by Gasteiger charge is 2.20. The predicted molar refractivity (Wildman–Crippen MR) is 83.9 cm³/mol. The van der Waals surface area contributed by atoms with E-state index >= 15 is 0 Å². The molecule has 8 nitrogen and oxygen atoms in total. The van der Waals surface area contributed by atoms with Gasteiger partial charge in [0.05, 0.1) is 18.1 Å². The lowest BCUT2D eigenvalue weighted by molar-refractivity contribution is 0.174. The van der Waals surface area contributed by atoms with Crippen molar-refractivity contribution >= 4 is 22.9 Å². The molecule has 3 aromatic rings. The van der Waals surface area contributed by atoms with Crippen LogP contribution in [0, 0.1) is 0 Å². The maximum absolute atomic E-state index is 12.7. The molecule has 3 rings (SSSR count). The Balaban J connectivity index is 2.47. The summed E-state index contributed by atoms with van der Waals surface area (Å²) in [6.07, 6.45) is 0.832. The zero-order chi connectivity index (χ0) is 16.6. The molecule has 0 aliphatic heterocycles. The van der Waals surface area contributed by atoms with Crippen molar-refractivity contribution in [2.45, 2.75) is 26.3 Å². The molecule has 2 heterocycles. The molecule has 23 heavy (non-hydrogen) atoms. The third-order valence-corrected chi connectivity index (χ3v) is 3.70. The van der Waals surface area contributed by atoms with Crippen LogP contribution in [0.5, 0.6) is 0 Å². The van der Waals surface area contributed by atoms with Gasteiger partial charge in [0.1, 0.15) is 0 Å². The smallest absolute Gasteiger partial charge is 0.421 e. The van der Waals surface area contributed by atoms with Crippen LogP contribution in [0.25, 0.3) is 16.8 Å². The van der Waals surface area contributed by atoms with E-state index in [9.17, 15) is 14.4 Å². The lowest BCUT2D eigenvalue weighted by atomic mass is 10.3. The monoisotopic (exact) mass is 316 g/mol. The van der Waals surface area contributed by atoms with Gasteiger partial charge in [-0.15, -0.1) is 0 Å². The fourth-order valence-electron chi connectivity index (χ4n) is 2.57. The summed E-state index contributed by atoms with van der Waals surface area (Å²) in [5.74, 6) is -0.0409. The van der Waals surface area contributed by atoms with Gasteiger partial charge in [0, 0.05) is 6.54 Å². The molecule has 120 valence electrons. The first-order valence-corrected chi connectivity index (χ1v) is 7.31. The lowest BCUT2D eigenvalue weighted by Gasteiger charge is -2.04. The van der Waals surface area contributed by atoms with Crippen LogP contribution < -0.4 is 11.4 Å². The minimum absolute atomic E-state index is 0.0409. The maximum atomic E-state index is 12.7. The second-order valence-corrected chi connectivity index (χ2v) is 5.11. The summed E-state index contributed by atoms with van der Waals surface area (Å²) in [7, 11) is 1.23. The van der Waals surface area contributed by atoms with Crippen molar-refractivity contribution in [1.82, 2.24) is 18.5 Å². The first-order chi connectivity index (χ1) is 11.1. The number of unbranched alkanes of at least 4 members (excludes halogenated alkanes) is 1. The van der Waals surface area contributed by atoms with Gasteiger partial charge in [-0.1, -0.05) is 25.5 Å². The van der Waals surface area contributed by atoms with Gasteiger partial charge < -0.3 is 4.74 Å². The number of hydrogen-bond acceptors (Lipinski definition) is 5. The molecule has 8 heteroatoms. The number of para-hydroxylation sites is 2. The highest BCUT2D eigenvalue weighted by molar-refractivity contribution is 5.91. The Bertz CT molecular complexity index is 1010. The number of benzene rings is 1. The Morgan fingerprint density at radius 1 is 1.22 bits per heavy atom. The van der Waals surface area contributed by atoms with Crippen LogP contribution >= 0.6 is 0 Å². The summed E-state index contributed by atoms with van der Waals surface area (Å²) < 4.78 is 8.23. The Morgan fingerprint density at radius 3 is 2.57 bits per heavy atom. The number of ether oxygens (including phenoxy) is 1. The average Bonchev–Trinajstić information content (AvgIpc) is 2.88. The summed E-state index contributed by atoms with van der Waals surface area (Å²) in [5, 5.41) is 0. The average molecular weight is 316 g/mol. The molecule has 0 bridgehead atoms.